The molecule has 0 spiro atoms. The van der Waals surface area contributed by atoms with Crippen LogP contribution in [0.15, 0.2) is 99.1 Å². The summed E-state index contributed by atoms with van der Waals surface area (Å²) in [6, 6.07) is 21.7. The van der Waals surface area contributed by atoms with Gasteiger partial charge in [0.25, 0.3) is 5.91 Å². The minimum absolute atomic E-state index is 0.00321. The highest BCUT2D eigenvalue weighted by atomic mass is 32.2. The average molecular weight is 656 g/mol. The lowest BCUT2D eigenvalue weighted by Crippen LogP contribution is -2.31. The van der Waals surface area contributed by atoms with Crippen LogP contribution in [0.1, 0.15) is 54.9 Å². The number of furan rings is 1. The quantitative estimate of drug-likeness (QED) is 0.0762. The van der Waals surface area contributed by atoms with Crippen molar-refractivity contribution in [2.75, 3.05) is 18.1 Å². The number of aromatic nitrogens is 2. The van der Waals surface area contributed by atoms with Gasteiger partial charge in [0.05, 0.1) is 31.1 Å². The van der Waals surface area contributed by atoms with Crippen molar-refractivity contribution < 1.29 is 28.6 Å². The number of hydrogen-bond acceptors (Lipinski definition) is 10. The molecule has 0 bridgehead atoms. The molecule has 11 heteroatoms. The molecule has 0 saturated carbocycles. The molecule has 6 rings (SSSR count). The molecule has 1 atom stereocenters. The van der Waals surface area contributed by atoms with E-state index < -0.39 is 23.5 Å². The molecule has 2 aromatic heterocycles. The van der Waals surface area contributed by atoms with Crippen LogP contribution in [0.4, 0.5) is 5.13 Å². The number of ether oxygens (including phenoxy) is 2. The predicted molar refractivity (Wildman–Crippen MR) is 179 cm³/mol. The molecule has 9 nitrogen and oxygen atoms in total. The Kier molecular flexibility index (Phi) is 9.41. The number of Topliss-reactive ketones (excluding diaryl/α,β-unsaturated/α-hetero) is 1. The zero-order valence-electron chi connectivity index (χ0n) is 25.6. The summed E-state index contributed by atoms with van der Waals surface area (Å²) in [7, 11) is 0. The molecule has 236 valence electrons. The van der Waals surface area contributed by atoms with Crippen LogP contribution in [-0.2, 0) is 10.5 Å². The van der Waals surface area contributed by atoms with Gasteiger partial charge >= 0.3 is 0 Å². The van der Waals surface area contributed by atoms with Gasteiger partial charge in [-0.25, -0.2) is 0 Å². The first kappa shape index (κ1) is 31.4. The van der Waals surface area contributed by atoms with Crippen molar-refractivity contribution in [3.63, 3.8) is 0 Å². The molecule has 1 amide bonds. The Morgan fingerprint density at radius 2 is 1.87 bits per heavy atom. The van der Waals surface area contributed by atoms with Crippen LogP contribution in [0.3, 0.4) is 0 Å². The molecule has 5 aromatic rings. The number of carbonyl (C=O) groups excluding carboxylic acids is 2. The van der Waals surface area contributed by atoms with Crippen LogP contribution in [0.5, 0.6) is 11.5 Å². The summed E-state index contributed by atoms with van der Waals surface area (Å²) in [6.45, 7) is 7.01. The highest BCUT2D eigenvalue weighted by molar-refractivity contribution is 8.00. The smallest absolute Gasteiger partial charge is 0.296 e. The van der Waals surface area contributed by atoms with E-state index in [2.05, 4.69) is 48.3 Å². The van der Waals surface area contributed by atoms with E-state index in [1.807, 2.05) is 25.1 Å². The van der Waals surface area contributed by atoms with E-state index in [1.165, 1.54) is 40.3 Å². The lowest BCUT2D eigenvalue weighted by atomic mass is 9.95. The SMILES string of the molecule is CCOc1cc(C2C(C(=O)c3ccco3)=C(O)C(=O)N2c2nnc(SCc3cccc4ccccc34)s2)ccc1OCCC(C)C. The first-order valence-corrected chi connectivity index (χ1v) is 16.8. The van der Waals surface area contributed by atoms with E-state index in [0.717, 1.165) is 22.8 Å². The maximum atomic E-state index is 13.7. The summed E-state index contributed by atoms with van der Waals surface area (Å²) in [6.07, 6.45) is 2.24. The number of aliphatic hydroxyl groups is 1. The maximum Gasteiger partial charge on any atom is 0.296 e. The first-order valence-electron chi connectivity index (χ1n) is 15.0. The lowest BCUT2D eigenvalue weighted by molar-refractivity contribution is -0.117. The monoisotopic (exact) mass is 655 g/mol. The van der Waals surface area contributed by atoms with Gasteiger partial charge in [0.1, 0.15) is 0 Å². The van der Waals surface area contributed by atoms with Gasteiger partial charge in [0, 0.05) is 5.75 Å². The number of hydrogen-bond donors (Lipinski definition) is 1. The third-order valence-electron chi connectivity index (χ3n) is 7.57. The molecule has 46 heavy (non-hydrogen) atoms. The lowest BCUT2D eigenvalue weighted by Gasteiger charge is -2.25. The van der Waals surface area contributed by atoms with Gasteiger partial charge in [-0.05, 0) is 65.4 Å². The highest BCUT2D eigenvalue weighted by Gasteiger charge is 2.47. The van der Waals surface area contributed by atoms with Gasteiger partial charge < -0.3 is 19.0 Å². The summed E-state index contributed by atoms with van der Waals surface area (Å²) in [5, 5.41) is 22.4. The van der Waals surface area contributed by atoms with Gasteiger partial charge in [0.15, 0.2) is 27.4 Å². The molecule has 3 aromatic carbocycles. The number of fused-ring (bicyclic) bond motifs is 1. The number of nitrogens with zero attached hydrogens (tertiary/aromatic N) is 3. The van der Waals surface area contributed by atoms with Crippen molar-refractivity contribution in [1.82, 2.24) is 10.2 Å². The highest BCUT2D eigenvalue weighted by Crippen LogP contribution is 2.45. The molecular formula is C35H33N3O6S2. The molecule has 0 radical (unpaired) electrons. The topological polar surface area (TPSA) is 115 Å². The zero-order valence-corrected chi connectivity index (χ0v) is 27.3. The Bertz CT molecular complexity index is 1890. The summed E-state index contributed by atoms with van der Waals surface area (Å²) in [5.41, 5.74) is 1.57. The van der Waals surface area contributed by atoms with Gasteiger partial charge in [0.2, 0.25) is 10.9 Å². The van der Waals surface area contributed by atoms with Crippen LogP contribution >= 0.6 is 23.1 Å². The minimum Gasteiger partial charge on any atom is -0.503 e. The Morgan fingerprint density at radius 1 is 1.04 bits per heavy atom. The average Bonchev–Trinajstić information content (AvgIpc) is 3.81. The molecule has 0 fully saturated rings. The minimum atomic E-state index is -1.02. The van der Waals surface area contributed by atoms with Gasteiger partial charge in [-0.1, -0.05) is 85.5 Å². The van der Waals surface area contributed by atoms with Crippen molar-refractivity contribution >= 4 is 50.7 Å². The number of rotatable bonds is 13. The van der Waals surface area contributed by atoms with Crippen LogP contribution in [0.25, 0.3) is 10.8 Å². The summed E-state index contributed by atoms with van der Waals surface area (Å²) in [4.78, 5) is 28.7. The number of ketones is 1. The first-order chi connectivity index (χ1) is 22.4. The second-order valence-corrected chi connectivity index (χ2v) is 13.3. The van der Waals surface area contributed by atoms with Crippen LogP contribution in [-0.4, -0.2) is 40.2 Å². The van der Waals surface area contributed by atoms with E-state index in [9.17, 15) is 14.7 Å². The summed E-state index contributed by atoms with van der Waals surface area (Å²) in [5.74, 6) is 0.122. The van der Waals surface area contributed by atoms with Crippen LogP contribution in [0.2, 0.25) is 0 Å². The Hall–Kier alpha value is -4.61. The van der Waals surface area contributed by atoms with E-state index in [4.69, 9.17) is 13.9 Å². The number of carbonyl (C=O) groups is 2. The van der Waals surface area contributed by atoms with E-state index in [0.29, 0.717) is 46.3 Å². The Morgan fingerprint density at radius 3 is 2.65 bits per heavy atom. The largest absolute Gasteiger partial charge is 0.503 e. The standard InChI is InChI=1S/C35H33N3O6S2/c1-4-42-28-19-23(14-15-26(28)44-18-16-21(2)3)30-29(31(39)27-13-8-17-43-27)32(40)33(41)38(30)34-36-37-35(46-34)45-20-24-11-7-10-22-9-5-6-12-25(22)24/h5-15,17,19,21,30,40H,4,16,18,20H2,1-3H3. The maximum absolute atomic E-state index is 13.7. The molecule has 3 heterocycles. The second-order valence-electron chi connectivity index (χ2n) is 11.1. The number of aliphatic hydroxyl groups excluding tert-OH is 1. The summed E-state index contributed by atoms with van der Waals surface area (Å²) >= 11 is 2.72. The van der Waals surface area contributed by atoms with E-state index in [-0.39, 0.29) is 16.5 Å². The zero-order chi connectivity index (χ0) is 32.2. The molecule has 1 unspecified atom stereocenters. The molecule has 0 aliphatic carbocycles. The fourth-order valence-electron chi connectivity index (χ4n) is 5.29. The van der Waals surface area contributed by atoms with Gasteiger partial charge in [-0.3, -0.25) is 14.5 Å². The number of thioether (sulfide) groups is 1. The van der Waals surface area contributed by atoms with Gasteiger partial charge in [-0.15, -0.1) is 10.2 Å². The Balaban J connectivity index is 1.34. The van der Waals surface area contributed by atoms with Crippen LogP contribution in [0, 0.1) is 5.92 Å². The molecule has 0 saturated heterocycles. The van der Waals surface area contributed by atoms with Gasteiger partial charge in [-0.2, -0.15) is 0 Å². The number of anilines is 1. The molecule has 1 N–H and O–H groups in total. The van der Waals surface area contributed by atoms with E-state index in [1.54, 1.807) is 24.3 Å². The van der Waals surface area contributed by atoms with Crippen molar-refractivity contribution in [1.29, 1.82) is 0 Å². The number of benzene rings is 3. The van der Waals surface area contributed by atoms with Crippen molar-refractivity contribution in [2.24, 2.45) is 5.92 Å². The normalized spacial score (nSPS) is 14.9. The third kappa shape index (κ3) is 6.38. The Labute approximate surface area is 274 Å². The van der Waals surface area contributed by atoms with Crippen molar-refractivity contribution in [3.8, 4) is 11.5 Å². The summed E-state index contributed by atoms with van der Waals surface area (Å²) < 4.78 is 18.0. The third-order valence-corrected chi connectivity index (χ3v) is 9.67. The number of amides is 1. The molecule has 1 aliphatic rings. The molecular weight excluding hydrogens is 623 g/mol. The van der Waals surface area contributed by atoms with E-state index >= 15 is 0 Å². The predicted octanol–water partition coefficient (Wildman–Crippen LogP) is 8.18. The van der Waals surface area contributed by atoms with Crippen LogP contribution < -0.4 is 14.4 Å². The fourth-order valence-corrected chi connectivity index (χ4v) is 7.16. The molecule has 1 aliphatic heterocycles. The van der Waals surface area contributed by atoms with Crippen molar-refractivity contribution in [3.05, 3.63) is 107 Å². The second kappa shape index (κ2) is 13.8. The van der Waals surface area contributed by atoms with Crippen molar-refractivity contribution in [2.45, 2.75) is 43.3 Å². The fraction of sp³-hybridized carbons (Fsp3) is 0.257.